The molecule has 0 fully saturated rings. The predicted molar refractivity (Wildman–Crippen MR) is 170 cm³/mol. The van der Waals surface area contributed by atoms with Gasteiger partial charge in [0.25, 0.3) is 0 Å². The van der Waals surface area contributed by atoms with Gasteiger partial charge in [0, 0.05) is 51.4 Å². The van der Waals surface area contributed by atoms with Crippen molar-refractivity contribution in [1.29, 1.82) is 0 Å². The molecule has 0 aliphatic heterocycles. The summed E-state index contributed by atoms with van der Waals surface area (Å²) < 4.78 is 0. The standard InChI is InChI=1S/C36H25N5/c1-3-8-24-12-14-26-17-29(21-39-35(26)33(24)37-2)31-19-28(23-9-5-4-6-10-23)20-32(41-31)30-18-27-15-13-25-11-7-16-38-34(25)36(27)40-22-30/h3-22H,2H2,1H3/b8-3-. The quantitative estimate of drug-likeness (QED) is 0.165. The molecule has 0 spiro atoms. The zero-order chi connectivity index (χ0) is 27.8. The van der Waals surface area contributed by atoms with Crippen LogP contribution in [0.2, 0.25) is 0 Å². The van der Waals surface area contributed by atoms with Gasteiger partial charge in [-0.1, -0.05) is 72.8 Å². The van der Waals surface area contributed by atoms with Crippen LogP contribution in [0.25, 0.3) is 72.4 Å². The molecule has 5 heteroatoms. The molecule has 0 unspecified atom stereocenters. The Morgan fingerprint density at radius 3 is 2.00 bits per heavy atom. The maximum Gasteiger partial charge on any atom is 0.0965 e. The van der Waals surface area contributed by atoms with Gasteiger partial charge in [0.2, 0.25) is 0 Å². The third-order valence-electron chi connectivity index (χ3n) is 7.31. The van der Waals surface area contributed by atoms with E-state index in [-0.39, 0.29) is 0 Å². The Balaban J connectivity index is 1.41. The Kier molecular flexibility index (Phi) is 6.10. The summed E-state index contributed by atoms with van der Waals surface area (Å²) in [4.78, 5) is 23.6. The zero-order valence-corrected chi connectivity index (χ0v) is 22.5. The number of aromatic nitrogens is 4. The Labute approximate surface area is 237 Å². The Morgan fingerprint density at radius 2 is 1.27 bits per heavy atom. The molecule has 0 atom stereocenters. The van der Waals surface area contributed by atoms with Crippen molar-refractivity contribution in [2.24, 2.45) is 4.99 Å². The van der Waals surface area contributed by atoms with Crippen molar-refractivity contribution in [3.8, 4) is 33.6 Å². The molecule has 0 aliphatic rings. The lowest BCUT2D eigenvalue weighted by Gasteiger charge is -2.12. The molecule has 0 saturated carbocycles. The summed E-state index contributed by atoms with van der Waals surface area (Å²) in [6.45, 7) is 5.77. The fourth-order valence-corrected chi connectivity index (χ4v) is 5.32. The minimum absolute atomic E-state index is 0.781. The molecule has 0 radical (unpaired) electrons. The second-order valence-electron chi connectivity index (χ2n) is 9.89. The van der Waals surface area contributed by atoms with E-state index in [1.165, 1.54) is 0 Å². The number of hydrogen-bond donors (Lipinski definition) is 0. The molecule has 4 aromatic heterocycles. The minimum Gasteiger partial charge on any atom is -0.262 e. The Bertz CT molecular complexity index is 2130. The summed E-state index contributed by atoms with van der Waals surface area (Å²) in [5.41, 5.74) is 10.1. The summed E-state index contributed by atoms with van der Waals surface area (Å²) >= 11 is 0. The van der Waals surface area contributed by atoms with Crippen LogP contribution in [0.15, 0.2) is 121 Å². The molecular weight excluding hydrogens is 502 g/mol. The molecule has 3 aromatic carbocycles. The largest absolute Gasteiger partial charge is 0.262 e. The fraction of sp³-hybridized carbons (Fsp3) is 0.0278. The van der Waals surface area contributed by atoms with E-state index in [0.717, 1.165) is 77.6 Å². The number of fused-ring (bicyclic) bond motifs is 4. The van der Waals surface area contributed by atoms with Gasteiger partial charge < -0.3 is 0 Å². The van der Waals surface area contributed by atoms with Crippen molar-refractivity contribution in [1.82, 2.24) is 19.9 Å². The smallest absolute Gasteiger partial charge is 0.0965 e. The maximum absolute atomic E-state index is 5.12. The van der Waals surface area contributed by atoms with E-state index >= 15 is 0 Å². The average Bonchev–Trinajstić information content (AvgIpc) is 3.04. The van der Waals surface area contributed by atoms with Crippen LogP contribution in [-0.2, 0) is 0 Å². The maximum atomic E-state index is 5.12. The molecule has 0 amide bonds. The number of aliphatic imine (C=N–C) groups is 1. The van der Waals surface area contributed by atoms with Crippen LogP contribution in [0.3, 0.4) is 0 Å². The van der Waals surface area contributed by atoms with Gasteiger partial charge in [0.15, 0.2) is 0 Å². The molecule has 7 aromatic rings. The first-order valence-corrected chi connectivity index (χ1v) is 13.5. The van der Waals surface area contributed by atoms with E-state index in [0.29, 0.717) is 0 Å². The van der Waals surface area contributed by atoms with E-state index in [1.54, 1.807) is 0 Å². The van der Waals surface area contributed by atoms with Crippen molar-refractivity contribution >= 4 is 51.2 Å². The number of benzene rings is 3. The van der Waals surface area contributed by atoms with Crippen LogP contribution in [-0.4, -0.2) is 26.7 Å². The van der Waals surface area contributed by atoms with E-state index in [4.69, 9.17) is 15.0 Å². The molecule has 194 valence electrons. The first-order chi connectivity index (χ1) is 20.2. The number of hydrogen-bond acceptors (Lipinski definition) is 5. The summed E-state index contributed by atoms with van der Waals surface area (Å²) in [6, 6.07) is 31.2. The van der Waals surface area contributed by atoms with Crippen LogP contribution in [0.4, 0.5) is 5.69 Å². The molecular formula is C36H25N5. The van der Waals surface area contributed by atoms with Crippen LogP contribution in [0, 0.1) is 0 Å². The number of pyridine rings is 4. The van der Waals surface area contributed by atoms with Gasteiger partial charge in [0.05, 0.1) is 33.6 Å². The van der Waals surface area contributed by atoms with Gasteiger partial charge >= 0.3 is 0 Å². The van der Waals surface area contributed by atoms with Crippen molar-refractivity contribution < 1.29 is 0 Å². The third-order valence-corrected chi connectivity index (χ3v) is 7.31. The second kappa shape index (κ2) is 10.2. The topological polar surface area (TPSA) is 63.9 Å². The van der Waals surface area contributed by atoms with E-state index in [1.807, 2.05) is 49.8 Å². The van der Waals surface area contributed by atoms with Gasteiger partial charge in [-0.25, -0.2) is 4.98 Å². The normalized spacial score (nSPS) is 11.5. The van der Waals surface area contributed by atoms with Gasteiger partial charge in [-0.15, -0.1) is 0 Å². The van der Waals surface area contributed by atoms with Crippen molar-refractivity contribution in [2.45, 2.75) is 6.92 Å². The summed E-state index contributed by atoms with van der Waals surface area (Å²) in [5, 5.41) is 3.08. The van der Waals surface area contributed by atoms with Crippen LogP contribution in [0.5, 0.6) is 0 Å². The number of allylic oxidation sites excluding steroid dienone is 1. The Hall–Kier alpha value is -5.55. The predicted octanol–water partition coefficient (Wildman–Crippen LogP) is 9.09. The highest BCUT2D eigenvalue weighted by molar-refractivity contribution is 6.03. The first kappa shape index (κ1) is 24.5. The molecule has 4 heterocycles. The van der Waals surface area contributed by atoms with Crippen LogP contribution >= 0.6 is 0 Å². The average molecular weight is 528 g/mol. The summed E-state index contributed by atoms with van der Waals surface area (Å²) in [5.74, 6) is 0. The number of nitrogens with zero attached hydrogens (tertiary/aromatic N) is 5. The van der Waals surface area contributed by atoms with Crippen molar-refractivity contribution in [3.63, 3.8) is 0 Å². The SMILES string of the molecule is C=Nc1c(/C=C\C)ccc2cc(-c3cc(-c4ccccc4)cc(-c4cnc5c(ccc6cccnc65)c4)n3)cnc12. The highest BCUT2D eigenvalue weighted by atomic mass is 14.8. The van der Waals surface area contributed by atoms with Gasteiger partial charge in [0.1, 0.15) is 0 Å². The molecule has 0 saturated heterocycles. The Morgan fingerprint density at radius 1 is 0.610 bits per heavy atom. The van der Waals surface area contributed by atoms with Crippen LogP contribution in [0.1, 0.15) is 12.5 Å². The number of rotatable bonds is 5. The lowest BCUT2D eigenvalue weighted by molar-refractivity contribution is 1.29. The van der Waals surface area contributed by atoms with Crippen molar-refractivity contribution in [3.05, 3.63) is 121 Å². The molecule has 5 nitrogen and oxygen atoms in total. The van der Waals surface area contributed by atoms with Crippen LogP contribution < -0.4 is 0 Å². The molecule has 7 rings (SSSR count). The monoisotopic (exact) mass is 527 g/mol. The van der Waals surface area contributed by atoms with Crippen molar-refractivity contribution in [2.75, 3.05) is 0 Å². The zero-order valence-electron chi connectivity index (χ0n) is 22.5. The van der Waals surface area contributed by atoms with Gasteiger partial charge in [-0.05, 0) is 55.1 Å². The molecule has 41 heavy (non-hydrogen) atoms. The summed E-state index contributed by atoms with van der Waals surface area (Å²) in [7, 11) is 0. The molecule has 0 aliphatic carbocycles. The van der Waals surface area contributed by atoms with Gasteiger partial charge in [-0.2, -0.15) is 0 Å². The second-order valence-corrected chi connectivity index (χ2v) is 9.89. The van der Waals surface area contributed by atoms with E-state index in [9.17, 15) is 0 Å². The molecule has 0 N–H and O–H groups in total. The summed E-state index contributed by atoms with van der Waals surface area (Å²) in [6.07, 6.45) is 9.58. The minimum atomic E-state index is 0.781. The molecule has 0 bridgehead atoms. The lowest BCUT2D eigenvalue weighted by Crippen LogP contribution is -1.94. The van der Waals surface area contributed by atoms with Gasteiger partial charge in [-0.3, -0.25) is 19.9 Å². The van der Waals surface area contributed by atoms with E-state index in [2.05, 4.69) is 95.6 Å². The lowest BCUT2D eigenvalue weighted by atomic mass is 9.99. The van der Waals surface area contributed by atoms with E-state index < -0.39 is 0 Å². The highest BCUT2D eigenvalue weighted by Gasteiger charge is 2.13. The fourth-order valence-electron chi connectivity index (χ4n) is 5.32. The highest BCUT2D eigenvalue weighted by Crippen LogP contribution is 2.35. The third kappa shape index (κ3) is 4.43. The first-order valence-electron chi connectivity index (χ1n) is 13.5.